The van der Waals surface area contributed by atoms with Crippen molar-refractivity contribution in [2.75, 3.05) is 7.11 Å². The first-order valence-corrected chi connectivity index (χ1v) is 9.88. The van der Waals surface area contributed by atoms with E-state index in [1.807, 2.05) is 48.5 Å². The van der Waals surface area contributed by atoms with Crippen LogP contribution in [0.3, 0.4) is 0 Å². The van der Waals surface area contributed by atoms with Crippen LogP contribution in [0, 0.1) is 0 Å². The van der Waals surface area contributed by atoms with Crippen LogP contribution in [0.5, 0.6) is 5.75 Å². The lowest BCUT2D eigenvalue weighted by Gasteiger charge is -2.18. The van der Waals surface area contributed by atoms with Crippen molar-refractivity contribution in [3.05, 3.63) is 71.9 Å². The molecule has 30 heavy (non-hydrogen) atoms. The van der Waals surface area contributed by atoms with Gasteiger partial charge in [-0.25, -0.2) is 0 Å². The first-order chi connectivity index (χ1) is 14.6. The molecule has 1 aliphatic carbocycles. The highest BCUT2D eigenvalue weighted by Gasteiger charge is 2.29. The fourth-order valence-electron chi connectivity index (χ4n) is 3.12. The number of carbonyl (C=O) groups is 2. The number of benzene rings is 2. The predicted octanol–water partition coefficient (Wildman–Crippen LogP) is 2.97. The van der Waals surface area contributed by atoms with E-state index in [0.29, 0.717) is 17.9 Å². The van der Waals surface area contributed by atoms with Crippen molar-refractivity contribution in [1.29, 1.82) is 0 Å². The van der Waals surface area contributed by atoms with Crippen molar-refractivity contribution < 1.29 is 18.8 Å². The SMILES string of the molecule is COc1cccc(-c2cc(C(=O)NC(Cc3ccccc3)C(=O)NC3CC3)no2)c1. The minimum atomic E-state index is -0.697. The Morgan fingerprint density at radius 2 is 1.93 bits per heavy atom. The molecule has 1 atom stereocenters. The first-order valence-electron chi connectivity index (χ1n) is 9.88. The number of hydrogen-bond acceptors (Lipinski definition) is 5. The van der Waals surface area contributed by atoms with Gasteiger partial charge in [0.15, 0.2) is 11.5 Å². The zero-order valence-electron chi connectivity index (χ0n) is 16.6. The van der Waals surface area contributed by atoms with Crippen LogP contribution in [-0.2, 0) is 11.2 Å². The van der Waals surface area contributed by atoms with Gasteiger partial charge in [0.25, 0.3) is 5.91 Å². The third-order valence-electron chi connectivity index (χ3n) is 4.93. The van der Waals surface area contributed by atoms with Gasteiger partial charge in [0.2, 0.25) is 5.91 Å². The topological polar surface area (TPSA) is 93.5 Å². The summed E-state index contributed by atoms with van der Waals surface area (Å²) in [4.78, 5) is 25.5. The Balaban J connectivity index is 1.48. The molecule has 154 valence electrons. The maximum absolute atomic E-state index is 12.8. The average Bonchev–Trinajstić information content (AvgIpc) is 3.45. The zero-order chi connectivity index (χ0) is 20.9. The molecule has 0 aliphatic heterocycles. The summed E-state index contributed by atoms with van der Waals surface area (Å²) in [6.45, 7) is 0. The van der Waals surface area contributed by atoms with Gasteiger partial charge in [-0.3, -0.25) is 9.59 Å². The van der Waals surface area contributed by atoms with Crippen molar-refractivity contribution in [2.45, 2.75) is 31.3 Å². The minimum Gasteiger partial charge on any atom is -0.497 e. The maximum atomic E-state index is 12.8. The number of amides is 2. The first kappa shape index (κ1) is 19.7. The van der Waals surface area contributed by atoms with Crippen LogP contribution in [-0.4, -0.2) is 36.2 Å². The Bertz CT molecular complexity index is 1030. The highest BCUT2D eigenvalue weighted by Crippen LogP contribution is 2.24. The number of rotatable bonds is 8. The van der Waals surface area contributed by atoms with E-state index < -0.39 is 11.9 Å². The molecule has 3 aromatic rings. The molecule has 7 heteroatoms. The van der Waals surface area contributed by atoms with Gasteiger partial charge in [-0.15, -0.1) is 0 Å². The van der Waals surface area contributed by atoms with E-state index in [2.05, 4.69) is 15.8 Å². The van der Waals surface area contributed by atoms with Crippen molar-refractivity contribution >= 4 is 11.8 Å². The van der Waals surface area contributed by atoms with E-state index >= 15 is 0 Å². The second-order valence-corrected chi connectivity index (χ2v) is 7.31. The van der Waals surface area contributed by atoms with Crippen LogP contribution in [0.2, 0.25) is 0 Å². The van der Waals surface area contributed by atoms with E-state index in [-0.39, 0.29) is 17.6 Å². The summed E-state index contributed by atoms with van der Waals surface area (Å²) in [5, 5.41) is 9.65. The van der Waals surface area contributed by atoms with Crippen LogP contribution in [0.25, 0.3) is 11.3 Å². The molecule has 1 saturated carbocycles. The van der Waals surface area contributed by atoms with E-state index in [1.54, 1.807) is 19.2 Å². The average molecular weight is 405 g/mol. The van der Waals surface area contributed by atoms with Gasteiger partial charge in [-0.1, -0.05) is 47.6 Å². The van der Waals surface area contributed by atoms with Crippen LogP contribution in [0.15, 0.2) is 65.2 Å². The molecule has 7 nitrogen and oxygen atoms in total. The number of methoxy groups -OCH3 is 1. The van der Waals surface area contributed by atoms with Crippen LogP contribution in [0.1, 0.15) is 28.9 Å². The van der Waals surface area contributed by atoms with E-state index in [9.17, 15) is 9.59 Å². The van der Waals surface area contributed by atoms with Gasteiger partial charge in [0.1, 0.15) is 11.8 Å². The van der Waals surface area contributed by atoms with Crippen LogP contribution >= 0.6 is 0 Å². The molecule has 1 unspecified atom stereocenters. The Kier molecular flexibility index (Phi) is 5.79. The molecule has 0 saturated heterocycles. The number of hydrogen-bond donors (Lipinski definition) is 2. The van der Waals surface area contributed by atoms with Crippen molar-refractivity contribution in [3.8, 4) is 17.1 Å². The summed E-state index contributed by atoms with van der Waals surface area (Å²) in [6.07, 6.45) is 2.35. The Hall–Kier alpha value is -3.61. The van der Waals surface area contributed by atoms with Crippen molar-refractivity contribution in [1.82, 2.24) is 15.8 Å². The number of ether oxygens (including phenoxy) is 1. The molecule has 2 aromatic carbocycles. The normalized spacial score (nSPS) is 14.0. The Morgan fingerprint density at radius 3 is 2.67 bits per heavy atom. The van der Waals surface area contributed by atoms with Crippen molar-refractivity contribution in [2.24, 2.45) is 0 Å². The second kappa shape index (κ2) is 8.82. The summed E-state index contributed by atoms with van der Waals surface area (Å²) in [7, 11) is 1.58. The number of carbonyl (C=O) groups excluding carboxylic acids is 2. The van der Waals surface area contributed by atoms with Gasteiger partial charge in [-0.2, -0.15) is 0 Å². The maximum Gasteiger partial charge on any atom is 0.274 e. The smallest absolute Gasteiger partial charge is 0.274 e. The molecule has 1 aromatic heterocycles. The van der Waals surface area contributed by atoms with Crippen LogP contribution < -0.4 is 15.4 Å². The monoisotopic (exact) mass is 405 g/mol. The molecule has 0 radical (unpaired) electrons. The fourth-order valence-corrected chi connectivity index (χ4v) is 3.12. The van der Waals surface area contributed by atoms with E-state index in [0.717, 1.165) is 24.0 Å². The summed E-state index contributed by atoms with van der Waals surface area (Å²) in [6, 6.07) is 17.9. The molecule has 4 rings (SSSR count). The molecule has 0 bridgehead atoms. The Labute approximate surface area is 174 Å². The molecule has 0 spiro atoms. The highest BCUT2D eigenvalue weighted by atomic mass is 16.5. The quantitative estimate of drug-likeness (QED) is 0.601. The lowest BCUT2D eigenvalue weighted by Crippen LogP contribution is -2.48. The van der Waals surface area contributed by atoms with Gasteiger partial charge in [0, 0.05) is 24.1 Å². The molecule has 2 amide bonds. The standard InChI is InChI=1S/C23H23N3O4/c1-29-18-9-5-8-16(13-18)21-14-20(26-30-21)23(28)25-19(22(27)24-17-10-11-17)12-15-6-3-2-4-7-15/h2-9,13-14,17,19H,10-12H2,1H3,(H,24,27)(H,25,28). The van der Waals surface area contributed by atoms with Gasteiger partial charge < -0.3 is 19.9 Å². The Morgan fingerprint density at radius 1 is 1.13 bits per heavy atom. The molecule has 1 heterocycles. The third-order valence-corrected chi connectivity index (χ3v) is 4.93. The van der Waals surface area contributed by atoms with Gasteiger partial charge in [0.05, 0.1) is 7.11 Å². The summed E-state index contributed by atoms with van der Waals surface area (Å²) >= 11 is 0. The van der Waals surface area contributed by atoms with Gasteiger partial charge in [-0.05, 0) is 30.5 Å². The largest absolute Gasteiger partial charge is 0.497 e. The number of aromatic nitrogens is 1. The second-order valence-electron chi connectivity index (χ2n) is 7.31. The lowest BCUT2D eigenvalue weighted by atomic mass is 10.0. The number of nitrogens with one attached hydrogen (secondary N) is 2. The third kappa shape index (κ3) is 4.86. The summed E-state index contributed by atoms with van der Waals surface area (Å²) in [5.74, 6) is 0.474. The molecule has 1 fully saturated rings. The van der Waals surface area contributed by atoms with Gasteiger partial charge >= 0.3 is 0 Å². The summed E-state index contributed by atoms with van der Waals surface area (Å²) < 4.78 is 10.6. The van der Waals surface area contributed by atoms with E-state index in [1.165, 1.54) is 0 Å². The molecule has 1 aliphatic rings. The highest BCUT2D eigenvalue weighted by molar-refractivity contribution is 5.96. The summed E-state index contributed by atoms with van der Waals surface area (Å²) in [5.41, 5.74) is 1.82. The zero-order valence-corrected chi connectivity index (χ0v) is 16.6. The minimum absolute atomic E-state index is 0.116. The van der Waals surface area contributed by atoms with Crippen LogP contribution in [0.4, 0.5) is 0 Å². The number of nitrogens with zero attached hydrogens (tertiary/aromatic N) is 1. The molecular weight excluding hydrogens is 382 g/mol. The fraction of sp³-hybridized carbons (Fsp3) is 0.261. The van der Waals surface area contributed by atoms with E-state index in [4.69, 9.17) is 9.26 Å². The molecule has 2 N–H and O–H groups in total. The molecular formula is C23H23N3O4. The predicted molar refractivity (Wildman–Crippen MR) is 111 cm³/mol. The lowest BCUT2D eigenvalue weighted by molar-refractivity contribution is -0.123. The van der Waals surface area contributed by atoms with Crippen molar-refractivity contribution in [3.63, 3.8) is 0 Å².